The van der Waals surface area contributed by atoms with Gasteiger partial charge in [0.2, 0.25) is 0 Å². The maximum absolute atomic E-state index is 11.2. The normalized spacial score (nSPS) is 12.0. The van der Waals surface area contributed by atoms with Gasteiger partial charge in [-0.25, -0.2) is 0 Å². The molecule has 2 aromatic carbocycles. The number of hydrogen-bond donors (Lipinski definition) is 2. The Kier molecular flexibility index (Phi) is 4.67. The van der Waals surface area contributed by atoms with Gasteiger partial charge in [-0.15, -0.1) is 0 Å². The van der Waals surface area contributed by atoms with Crippen molar-refractivity contribution in [2.75, 3.05) is 11.9 Å². The minimum absolute atomic E-state index is 0.00679. The minimum atomic E-state index is -0.415. The van der Waals surface area contributed by atoms with Gasteiger partial charge in [0.25, 0.3) is 5.69 Å². The summed E-state index contributed by atoms with van der Waals surface area (Å²) in [7, 11) is 0. The zero-order valence-electron chi connectivity index (χ0n) is 12.9. The largest absolute Gasteiger partial charge is 0.396 e. The lowest BCUT2D eigenvalue weighted by atomic mass is 10.0. The van der Waals surface area contributed by atoms with E-state index < -0.39 is 4.92 Å². The number of nitrogens with one attached hydrogen (secondary N) is 1. The lowest BCUT2D eigenvalue weighted by Crippen LogP contribution is -2.13. The fourth-order valence-corrected chi connectivity index (χ4v) is 2.72. The van der Waals surface area contributed by atoms with Gasteiger partial charge < -0.3 is 10.4 Å². The summed E-state index contributed by atoms with van der Waals surface area (Å²) in [6.45, 7) is 0.00679. The Bertz CT molecular complexity index is 853. The van der Waals surface area contributed by atoms with Gasteiger partial charge in [-0.2, -0.15) is 0 Å². The fraction of sp³-hybridized carbons (Fsp3) is 0.167. The number of nitro groups is 1. The number of nitrogens with zero attached hydrogens (tertiary/aromatic N) is 2. The quantitative estimate of drug-likeness (QED) is 0.533. The third-order valence-corrected chi connectivity index (χ3v) is 3.85. The number of pyridine rings is 1. The summed E-state index contributed by atoms with van der Waals surface area (Å²) in [5.41, 5.74) is 2.26. The van der Waals surface area contributed by atoms with Crippen molar-refractivity contribution >= 4 is 22.3 Å². The first-order chi connectivity index (χ1) is 11.7. The summed E-state index contributed by atoms with van der Waals surface area (Å²) in [5.74, 6) is 0. The van der Waals surface area contributed by atoms with E-state index in [1.165, 1.54) is 12.1 Å². The van der Waals surface area contributed by atoms with E-state index >= 15 is 0 Å². The summed E-state index contributed by atoms with van der Waals surface area (Å²) in [6.07, 6.45) is 2.14. The Morgan fingerprint density at radius 1 is 1.17 bits per heavy atom. The van der Waals surface area contributed by atoms with Crippen molar-refractivity contribution in [1.82, 2.24) is 4.98 Å². The van der Waals surface area contributed by atoms with Crippen molar-refractivity contribution in [3.8, 4) is 0 Å². The molecule has 0 aliphatic rings. The predicted molar refractivity (Wildman–Crippen MR) is 92.9 cm³/mol. The molecule has 1 atom stereocenters. The lowest BCUT2D eigenvalue weighted by molar-refractivity contribution is -0.384. The molecule has 0 fully saturated rings. The first-order valence-corrected chi connectivity index (χ1v) is 7.64. The number of hydrogen-bond acceptors (Lipinski definition) is 5. The van der Waals surface area contributed by atoms with Crippen molar-refractivity contribution in [2.45, 2.75) is 12.5 Å². The van der Waals surface area contributed by atoms with Gasteiger partial charge in [0.1, 0.15) is 0 Å². The molecule has 24 heavy (non-hydrogen) atoms. The van der Waals surface area contributed by atoms with Crippen LogP contribution in [0.2, 0.25) is 0 Å². The number of anilines is 1. The fourth-order valence-electron chi connectivity index (χ4n) is 2.72. The van der Waals surface area contributed by atoms with Gasteiger partial charge in [-0.1, -0.05) is 36.4 Å². The first kappa shape index (κ1) is 15.9. The molecule has 0 saturated heterocycles. The summed E-state index contributed by atoms with van der Waals surface area (Å²) in [4.78, 5) is 15.1. The third-order valence-electron chi connectivity index (χ3n) is 3.85. The van der Waals surface area contributed by atoms with E-state index in [0.717, 1.165) is 5.56 Å². The number of benzene rings is 2. The molecule has 0 radical (unpaired) electrons. The molecule has 1 heterocycles. The first-order valence-electron chi connectivity index (χ1n) is 7.64. The predicted octanol–water partition coefficient (Wildman–Crippen LogP) is 3.68. The molecule has 0 aliphatic carbocycles. The van der Waals surface area contributed by atoms with Crippen LogP contribution in [0.25, 0.3) is 10.9 Å². The van der Waals surface area contributed by atoms with E-state index in [1.807, 2.05) is 30.3 Å². The Balaban J connectivity index is 2.05. The molecule has 6 heteroatoms. The molecular weight excluding hydrogens is 306 g/mol. The second-order valence-corrected chi connectivity index (χ2v) is 5.45. The van der Waals surface area contributed by atoms with Crippen LogP contribution in [0.4, 0.5) is 11.4 Å². The van der Waals surface area contributed by atoms with Crippen LogP contribution >= 0.6 is 0 Å². The van der Waals surface area contributed by atoms with Gasteiger partial charge in [-0.05, 0) is 18.1 Å². The van der Waals surface area contributed by atoms with Crippen LogP contribution in [0, 0.1) is 10.1 Å². The number of aromatic nitrogens is 1. The topological polar surface area (TPSA) is 88.3 Å². The standard InChI is InChI=1S/C18H17N3O3/c22-10-8-16(13-5-2-1-3-6-13)20-17-12-15(21(23)24)11-14-7-4-9-19-18(14)17/h1-7,9,11-12,16,20,22H,8,10H2/t16-/m1/s1. The average Bonchev–Trinajstić information content (AvgIpc) is 2.62. The zero-order valence-corrected chi connectivity index (χ0v) is 12.9. The SMILES string of the molecule is O=[N+]([O-])c1cc(N[C@H](CCO)c2ccccc2)c2ncccc2c1. The molecule has 3 aromatic rings. The summed E-state index contributed by atoms with van der Waals surface area (Å²) in [6, 6.07) is 16.1. The van der Waals surface area contributed by atoms with E-state index in [4.69, 9.17) is 0 Å². The molecule has 0 amide bonds. The van der Waals surface area contributed by atoms with Crippen LogP contribution < -0.4 is 5.32 Å². The highest BCUT2D eigenvalue weighted by Crippen LogP contribution is 2.31. The Labute approximate surface area is 138 Å². The monoisotopic (exact) mass is 323 g/mol. The van der Waals surface area contributed by atoms with Crippen LogP contribution in [0.1, 0.15) is 18.0 Å². The van der Waals surface area contributed by atoms with Crippen LogP contribution in [-0.2, 0) is 0 Å². The van der Waals surface area contributed by atoms with Crippen molar-refractivity contribution in [3.63, 3.8) is 0 Å². The molecule has 0 spiro atoms. The summed E-state index contributed by atoms with van der Waals surface area (Å²) >= 11 is 0. The Morgan fingerprint density at radius 3 is 2.67 bits per heavy atom. The molecule has 0 unspecified atom stereocenters. The number of rotatable bonds is 6. The maximum atomic E-state index is 11.2. The van der Waals surface area contributed by atoms with E-state index in [2.05, 4.69) is 10.3 Å². The molecule has 3 rings (SSSR count). The second-order valence-electron chi connectivity index (χ2n) is 5.45. The van der Waals surface area contributed by atoms with Crippen LogP contribution in [0.15, 0.2) is 60.8 Å². The second kappa shape index (κ2) is 7.06. The van der Waals surface area contributed by atoms with Crippen molar-refractivity contribution < 1.29 is 10.0 Å². The van der Waals surface area contributed by atoms with Crippen LogP contribution in [0.3, 0.4) is 0 Å². The van der Waals surface area contributed by atoms with Crippen molar-refractivity contribution in [2.24, 2.45) is 0 Å². The van der Waals surface area contributed by atoms with Crippen LogP contribution in [-0.4, -0.2) is 21.6 Å². The van der Waals surface area contributed by atoms with Gasteiger partial charge in [0, 0.05) is 30.3 Å². The Morgan fingerprint density at radius 2 is 1.96 bits per heavy atom. The third kappa shape index (κ3) is 3.33. The number of non-ortho nitro benzene ring substituents is 1. The highest BCUT2D eigenvalue weighted by atomic mass is 16.6. The molecule has 0 aliphatic heterocycles. The maximum Gasteiger partial charge on any atom is 0.272 e. The minimum Gasteiger partial charge on any atom is -0.396 e. The van der Waals surface area contributed by atoms with Gasteiger partial charge in [-0.3, -0.25) is 15.1 Å². The smallest absolute Gasteiger partial charge is 0.272 e. The number of aliphatic hydroxyl groups is 1. The molecular formula is C18H17N3O3. The highest BCUT2D eigenvalue weighted by Gasteiger charge is 2.16. The van der Waals surface area contributed by atoms with Gasteiger partial charge in [0.15, 0.2) is 0 Å². The average molecular weight is 323 g/mol. The summed E-state index contributed by atoms with van der Waals surface area (Å²) in [5, 5.41) is 24.6. The van der Waals surface area contributed by atoms with E-state index in [1.54, 1.807) is 18.3 Å². The number of nitro benzene ring substituents is 1. The van der Waals surface area contributed by atoms with Crippen molar-refractivity contribution in [3.05, 3.63) is 76.5 Å². The molecule has 0 saturated carbocycles. The molecule has 1 aromatic heterocycles. The van der Waals surface area contributed by atoms with Crippen molar-refractivity contribution in [1.29, 1.82) is 0 Å². The molecule has 122 valence electrons. The molecule has 0 bridgehead atoms. The van der Waals surface area contributed by atoms with E-state index in [-0.39, 0.29) is 18.3 Å². The zero-order chi connectivity index (χ0) is 16.9. The molecule has 2 N–H and O–H groups in total. The number of aliphatic hydroxyl groups excluding tert-OH is 1. The van der Waals surface area contributed by atoms with Crippen LogP contribution in [0.5, 0.6) is 0 Å². The molecule has 6 nitrogen and oxygen atoms in total. The lowest BCUT2D eigenvalue weighted by Gasteiger charge is -2.20. The van der Waals surface area contributed by atoms with E-state index in [9.17, 15) is 15.2 Å². The summed E-state index contributed by atoms with van der Waals surface area (Å²) < 4.78 is 0. The van der Waals surface area contributed by atoms with E-state index in [0.29, 0.717) is 23.0 Å². The Hall–Kier alpha value is -2.99. The highest BCUT2D eigenvalue weighted by molar-refractivity contribution is 5.92. The number of fused-ring (bicyclic) bond motifs is 1. The van der Waals surface area contributed by atoms with Gasteiger partial charge >= 0.3 is 0 Å². The van der Waals surface area contributed by atoms with Gasteiger partial charge in [0.05, 0.1) is 22.2 Å².